The van der Waals surface area contributed by atoms with Gasteiger partial charge in [-0.3, -0.25) is 9.69 Å². The highest BCUT2D eigenvalue weighted by Gasteiger charge is 2.41. The summed E-state index contributed by atoms with van der Waals surface area (Å²) in [6, 6.07) is 10.9. The molecule has 0 atom stereocenters. The second kappa shape index (κ2) is 6.84. The monoisotopic (exact) mass is 497 g/mol. The summed E-state index contributed by atoms with van der Waals surface area (Å²) in [6.07, 6.45) is 2.69. The predicted molar refractivity (Wildman–Crippen MR) is 130 cm³/mol. The zero-order valence-electron chi connectivity index (χ0n) is 17.8. The molecule has 0 radical (unpaired) electrons. The number of rotatable bonds is 2. The molecule has 4 nitrogen and oxygen atoms in total. The predicted octanol–water partition coefficient (Wildman–Crippen LogP) is 5.74. The molecule has 3 aliphatic rings. The molecule has 3 aromatic rings. The van der Waals surface area contributed by atoms with E-state index in [4.69, 9.17) is 11.6 Å². The van der Waals surface area contributed by atoms with E-state index in [0.29, 0.717) is 5.02 Å². The second-order valence-corrected chi connectivity index (χ2v) is 10.9. The van der Waals surface area contributed by atoms with Crippen LogP contribution >= 0.6 is 27.5 Å². The molecule has 1 saturated heterocycles. The van der Waals surface area contributed by atoms with Crippen molar-refractivity contribution >= 4 is 49.9 Å². The van der Waals surface area contributed by atoms with Gasteiger partial charge < -0.3 is 9.88 Å². The van der Waals surface area contributed by atoms with Crippen LogP contribution in [-0.2, 0) is 5.41 Å². The van der Waals surface area contributed by atoms with Gasteiger partial charge in [-0.15, -0.1) is 0 Å². The lowest BCUT2D eigenvalue weighted by Gasteiger charge is -2.38. The average molecular weight is 499 g/mol. The van der Waals surface area contributed by atoms with E-state index in [-0.39, 0.29) is 11.2 Å². The van der Waals surface area contributed by atoms with Gasteiger partial charge in [0.05, 0.1) is 16.3 Å². The van der Waals surface area contributed by atoms with Gasteiger partial charge in [-0.25, -0.2) is 0 Å². The highest BCUT2D eigenvalue weighted by atomic mass is 79.9. The highest BCUT2D eigenvalue weighted by molar-refractivity contribution is 9.10. The molecule has 2 aliphatic carbocycles. The molecule has 1 N–H and O–H groups in total. The minimum atomic E-state index is -0.320. The van der Waals surface area contributed by atoms with Crippen LogP contribution in [0.2, 0.25) is 5.02 Å². The average Bonchev–Trinajstić information content (AvgIpc) is 3.52. The molecular weight excluding hydrogens is 474 g/mol. The Morgan fingerprint density at radius 3 is 2.55 bits per heavy atom. The van der Waals surface area contributed by atoms with Crippen molar-refractivity contribution in [3.63, 3.8) is 0 Å². The van der Waals surface area contributed by atoms with Crippen molar-refractivity contribution in [3.8, 4) is 0 Å². The minimum absolute atomic E-state index is 0.0601. The fourth-order valence-corrected chi connectivity index (χ4v) is 6.06. The summed E-state index contributed by atoms with van der Waals surface area (Å²) in [5.74, 6) is 0.0601. The number of hydrogen-bond acceptors (Lipinski definition) is 3. The van der Waals surface area contributed by atoms with Crippen LogP contribution in [0.3, 0.4) is 0 Å². The van der Waals surface area contributed by atoms with Gasteiger partial charge in [-0.05, 0) is 42.7 Å². The van der Waals surface area contributed by atoms with E-state index < -0.39 is 0 Å². The molecule has 6 heteroatoms. The molecule has 6 rings (SSSR count). The summed E-state index contributed by atoms with van der Waals surface area (Å²) < 4.78 is 0.997. The van der Waals surface area contributed by atoms with Crippen LogP contribution in [0.4, 0.5) is 5.69 Å². The molecule has 0 spiro atoms. The van der Waals surface area contributed by atoms with Crippen LogP contribution in [0.25, 0.3) is 10.9 Å². The van der Waals surface area contributed by atoms with Gasteiger partial charge in [0.1, 0.15) is 0 Å². The van der Waals surface area contributed by atoms with E-state index >= 15 is 0 Å². The third-order valence-electron chi connectivity index (χ3n) is 7.34. The molecule has 0 amide bonds. The van der Waals surface area contributed by atoms with E-state index in [9.17, 15) is 4.79 Å². The largest absolute Gasteiger partial charge is 0.368 e. The lowest BCUT2D eigenvalue weighted by atomic mass is 9.71. The maximum atomic E-state index is 13.6. The molecule has 2 aromatic carbocycles. The number of benzene rings is 2. The first-order chi connectivity index (χ1) is 14.8. The Hall–Kier alpha value is -1.82. The number of ketones is 1. The first-order valence-electron chi connectivity index (χ1n) is 11.0. The molecule has 160 valence electrons. The van der Waals surface area contributed by atoms with Crippen molar-refractivity contribution < 1.29 is 4.79 Å². The standard InChI is InChI=1S/C25H25BrClN3O/c1-25(2)18-13-21(30-9-7-29(8-10-30)15-4-5-15)19(27)12-17(18)23(31)22-16-6-3-14(26)11-20(16)28-24(22)25/h3,6,11-13,15,28H,4-5,7-10H2,1-2H3. The maximum Gasteiger partial charge on any atom is 0.195 e. The first kappa shape index (κ1) is 19.8. The molecular formula is C25H25BrClN3O. The van der Waals surface area contributed by atoms with Crippen LogP contribution in [0.1, 0.15) is 53.9 Å². The minimum Gasteiger partial charge on any atom is -0.368 e. The molecule has 1 aromatic heterocycles. The van der Waals surface area contributed by atoms with Gasteiger partial charge in [0, 0.05) is 64.3 Å². The van der Waals surface area contributed by atoms with Gasteiger partial charge in [-0.1, -0.05) is 47.4 Å². The van der Waals surface area contributed by atoms with Gasteiger partial charge in [-0.2, -0.15) is 0 Å². The van der Waals surface area contributed by atoms with Gasteiger partial charge in [0.2, 0.25) is 0 Å². The van der Waals surface area contributed by atoms with Gasteiger partial charge >= 0.3 is 0 Å². The molecule has 1 aliphatic heterocycles. The maximum absolute atomic E-state index is 13.6. The molecule has 31 heavy (non-hydrogen) atoms. The zero-order chi connectivity index (χ0) is 21.5. The highest BCUT2D eigenvalue weighted by Crippen LogP contribution is 2.46. The zero-order valence-corrected chi connectivity index (χ0v) is 20.1. The number of carbonyl (C=O) groups is 1. The van der Waals surface area contributed by atoms with E-state index in [1.165, 1.54) is 12.8 Å². The lowest BCUT2D eigenvalue weighted by Crippen LogP contribution is -2.47. The van der Waals surface area contributed by atoms with Crippen molar-refractivity contribution in [2.24, 2.45) is 0 Å². The molecule has 2 fully saturated rings. The van der Waals surface area contributed by atoms with Crippen molar-refractivity contribution in [1.82, 2.24) is 9.88 Å². The SMILES string of the molecule is CC1(C)c2cc(N3CCN(C4CC4)CC3)c(Cl)cc2C(=O)c2c1[nH]c1cc(Br)ccc21. The first-order valence-corrected chi connectivity index (χ1v) is 12.2. The van der Waals surface area contributed by atoms with Crippen LogP contribution in [-0.4, -0.2) is 47.9 Å². The van der Waals surface area contributed by atoms with Crippen LogP contribution < -0.4 is 4.90 Å². The topological polar surface area (TPSA) is 39.3 Å². The number of carbonyl (C=O) groups excluding carboxylic acids is 1. The number of hydrogen-bond donors (Lipinski definition) is 1. The molecule has 0 unspecified atom stereocenters. The van der Waals surface area contributed by atoms with Crippen molar-refractivity contribution in [2.75, 3.05) is 31.1 Å². The van der Waals surface area contributed by atoms with Crippen molar-refractivity contribution in [3.05, 3.63) is 62.2 Å². The number of halogens is 2. The van der Waals surface area contributed by atoms with E-state index in [2.05, 4.69) is 50.6 Å². The summed E-state index contributed by atoms with van der Waals surface area (Å²) in [5, 5.41) is 1.65. The van der Waals surface area contributed by atoms with E-state index in [1.807, 2.05) is 24.3 Å². The molecule has 2 heterocycles. The van der Waals surface area contributed by atoms with Crippen LogP contribution in [0.15, 0.2) is 34.8 Å². The van der Waals surface area contributed by atoms with Gasteiger partial charge in [0.15, 0.2) is 5.78 Å². The normalized spacial score (nSPS) is 20.8. The Morgan fingerprint density at radius 1 is 1.10 bits per heavy atom. The summed E-state index contributed by atoms with van der Waals surface area (Å²) in [5.41, 5.74) is 5.27. The number of nitrogens with one attached hydrogen (secondary N) is 1. The number of anilines is 1. The number of H-pyrrole nitrogens is 1. The molecule has 0 bridgehead atoms. The Balaban J connectivity index is 1.44. The van der Waals surface area contributed by atoms with E-state index in [1.54, 1.807) is 0 Å². The summed E-state index contributed by atoms with van der Waals surface area (Å²) in [6.45, 7) is 8.53. The number of fused-ring (bicyclic) bond motifs is 4. The fraction of sp³-hybridized carbons (Fsp3) is 0.400. The van der Waals surface area contributed by atoms with Gasteiger partial charge in [0.25, 0.3) is 0 Å². The smallest absolute Gasteiger partial charge is 0.195 e. The van der Waals surface area contributed by atoms with Crippen LogP contribution in [0.5, 0.6) is 0 Å². The molecule has 1 saturated carbocycles. The summed E-state index contributed by atoms with van der Waals surface area (Å²) in [4.78, 5) is 22.2. The second-order valence-electron chi connectivity index (χ2n) is 9.62. The third-order valence-corrected chi connectivity index (χ3v) is 8.13. The number of nitrogens with zero attached hydrogens (tertiary/aromatic N) is 2. The third kappa shape index (κ3) is 3.00. The van der Waals surface area contributed by atoms with Crippen LogP contribution in [0, 0.1) is 0 Å². The van der Waals surface area contributed by atoms with Crippen molar-refractivity contribution in [2.45, 2.75) is 38.1 Å². The fourth-order valence-electron chi connectivity index (χ4n) is 5.42. The quantitative estimate of drug-likeness (QED) is 0.490. The Kier molecular flexibility index (Phi) is 4.37. The van der Waals surface area contributed by atoms with E-state index in [0.717, 1.165) is 75.7 Å². The Bertz CT molecular complexity index is 1240. The summed E-state index contributed by atoms with van der Waals surface area (Å²) >= 11 is 10.3. The Labute approximate surface area is 195 Å². The number of aromatic amines is 1. The number of piperazine rings is 1. The Morgan fingerprint density at radius 2 is 1.84 bits per heavy atom. The number of aromatic nitrogens is 1. The summed E-state index contributed by atoms with van der Waals surface area (Å²) in [7, 11) is 0. The van der Waals surface area contributed by atoms with Crippen molar-refractivity contribution in [1.29, 1.82) is 0 Å². The lowest BCUT2D eigenvalue weighted by molar-refractivity contribution is 0.103.